The minimum atomic E-state index is -0.338. The van der Waals surface area contributed by atoms with Crippen LogP contribution in [-0.2, 0) is 16.5 Å². The average molecular weight is 184 g/mol. The fourth-order valence-corrected chi connectivity index (χ4v) is 1.10. The quantitative estimate of drug-likeness (QED) is 0.650. The molecule has 1 aromatic rings. The molecule has 0 fully saturated rings. The number of imidazole rings is 1. The summed E-state index contributed by atoms with van der Waals surface area (Å²) in [5, 5.41) is 0. The van der Waals surface area contributed by atoms with Gasteiger partial charge in [0.1, 0.15) is 0 Å². The maximum Gasteiger partial charge on any atom is 0.217 e. The Morgan fingerprint density at radius 3 is 2.38 bits per heavy atom. The molecule has 1 aromatic heterocycles. The van der Waals surface area contributed by atoms with Gasteiger partial charge in [-0.15, -0.1) is 0 Å². The van der Waals surface area contributed by atoms with Gasteiger partial charge < -0.3 is 14.0 Å². The lowest BCUT2D eigenvalue weighted by molar-refractivity contribution is -0.146. The van der Waals surface area contributed by atoms with E-state index in [-0.39, 0.29) is 6.29 Å². The molecule has 0 unspecified atom stereocenters. The molecule has 0 bridgehead atoms. The van der Waals surface area contributed by atoms with Crippen molar-refractivity contribution in [1.29, 1.82) is 0 Å². The third-order valence-electron chi connectivity index (χ3n) is 1.71. The van der Waals surface area contributed by atoms with Crippen LogP contribution in [0.1, 0.15) is 26.0 Å². The summed E-state index contributed by atoms with van der Waals surface area (Å²) in [4.78, 5) is 4.17. The van der Waals surface area contributed by atoms with Crippen LogP contribution in [0.2, 0.25) is 0 Å². The van der Waals surface area contributed by atoms with Crippen molar-refractivity contribution >= 4 is 0 Å². The van der Waals surface area contributed by atoms with Crippen molar-refractivity contribution in [3.63, 3.8) is 0 Å². The highest BCUT2D eigenvalue weighted by Gasteiger charge is 2.15. The SMILES string of the molecule is CCOC(OCC)c1nccn1C. The Labute approximate surface area is 78.5 Å². The molecule has 4 nitrogen and oxygen atoms in total. The second-order valence-electron chi connectivity index (χ2n) is 2.64. The minimum absolute atomic E-state index is 0.338. The Morgan fingerprint density at radius 2 is 2.00 bits per heavy atom. The summed E-state index contributed by atoms with van der Waals surface area (Å²) in [6.07, 6.45) is 3.27. The molecular formula is C9H16N2O2. The van der Waals surface area contributed by atoms with Crippen LogP contribution >= 0.6 is 0 Å². The van der Waals surface area contributed by atoms with Crippen LogP contribution in [-0.4, -0.2) is 22.8 Å². The van der Waals surface area contributed by atoms with E-state index in [1.165, 1.54) is 0 Å². The average Bonchev–Trinajstić information content (AvgIpc) is 2.51. The summed E-state index contributed by atoms with van der Waals surface area (Å²) in [7, 11) is 1.92. The fourth-order valence-electron chi connectivity index (χ4n) is 1.10. The normalized spacial score (nSPS) is 11.1. The molecule has 0 aliphatic rings. The van der Waals surface area contributed by atoms with E-state index < -0.39 is 0 Å². The lowest BCUT2D eigenvalue weighted by Gasteiger charge is -2.15. The van der Waals surface area contributed by atoms with E-state index in [9.17, 15) is 0 Å². The van der Waals surface area contributed by atoms with Crippen molar-refractivity contribution in [2.75, 3.05) is 13.2 Å². The van der Waals surface area contributed by atoms with Crippen molar-refractivity contribution in [3.05, 3.63) is 18.2 Å². The van der Waals surface area contributed by atoms with Crippen LogP contribution in [0.25, 0.3) is 0 Å². The van der Waals surface area contributed by atoms with E-state index in [2.05, 4.69) is 4.98 Å². The van der Waals surface area contributed by atoms with Gasteiger partial charge in [0, 0.05) is 32.7 Å². The zero-order chi connectivity index (χ0) is 9.68. The zero-order valence-electron chi connectivity index (χ0n) is 8.36. The molecule has 1 heterocycles. The molecule has 4 heteroatoms. The molecule has 1 rings (SSSR count). The van der Waals surface area contributed by atoms with Crippen molar-refractivity contribution in [2.45, 2.75) is 20.1 Å². The van der Waals surface area contributed by atoms with E-state index in [1.807, 2.05) is 31.7 Å². The van der Waals surface area contributed by atoms with Crippen LogP contribution in [0.3, 0.4) is 0 Å². The fraction of sp³-hybridized carbons (Fsp3) is 0.667. The van der Waals surface area contributed by atoms with E-state index >= 15 is 0 Å². The predicted molar refractivity (Wildman–Crippen MR) is 49.2 cm³/mol. The number of aromatic nitrogens is 2. The van der Waals surface area contributed by atoms with Gasteiger partial charge in [-0.3, -0.25) is 0 Å². The first-order valence-electron chi connectivity index (χ1n) is 4.50. The van der Waals surface area contributed by atoms with Crippen molar-refractivity contribution in [3.8, 4) is 0 Å². The molecule has 0 aromatic carbocycles. The molecule has 0 saturated heterocycles. The van der Waals surface area contributed by atoms with Gasteiger partial charge >= 0.3 is 0 Å². The Balaban J connectivity index is 2.69. The molecule has 0 amide bonds. The van der Waals surface area contributed by atoms with Crippen LogP contribution in [0.5, 0.6) is 0 Å². The lowest BCUT2D eigenvalue weighted by atomic mass is 10.5. The van der Waals surface area contributed by atoms with Gasteiger partial charge in [-0.2, -0.15) is 0 Å². The van der Waals surface area contributed by atoms with Crippen LogP contribution in [0.15, 0.2) is 12.4 Å². The zero-order valence-corrected chi connectivity index (χ0v) is 8.36. The summed E-state index contributed by atoms with van der Waals surface area (Å²) in [6.45, 7) is 5.12. The van der Waals surface area contributed by atoms with Gasteiger partial charge in [0.15, 0.2) is 5.82 Å². The molecule has 0 N–H and O–H groups in total. The first kappa shape index (κ1) is 10.2. The highest BCUT2D eigenvalue weighted by Crippen LogP contribution is 2.15. The predicted octanol–water partition coefficient (Wildman–Crippen LogP) is 1.49. The van der Waals surface area contributed by atoms with Gasteiger partial charge in [-0.25, -0.2) is 4.98 Å². The van der Waals surface area contributed by atoms with Gasteiger partial charge in [0.2, 0.25) is 6.29 Å². The second kappa shape index (κ2) is 4.99. The molecule has 0 atom stereocenters. The van der Waals surface area contributed by atoms with Crippen molar-refractivity contribution < 1.29 is 9.47 Å². The highest BCUT2D eigenvalue weighted by atomic mass is 16.7. The van der Waals surface area contributed by atoms with Crippen molar-refractivity contribution in [2.24, 2.45) is 7.05 Å². The Hall–Kier alpha value is -0.870. The largest absolute Gasteiger partial charge is 0.346 e. The van der Waals surface area contributed by atoms with E-state index in [4.69, 9.17) is 9.47 Å². The summed E-state index contributed by atoms with van der Waals surface area (Å²) in [5.74, 6) is 0.809. The highest BCUT2D eigenvalue weighted by molar-refractivity contribution is 4.92. The Kier molecular flexibility index (Phi) is 3.92. The van der Waals surface area contributed by atoms with Gasteiger partial charge in [-0.05, 0) is 13.8 Å². The number of aryl methyl sites for hydroxylation is 1. The Morgan fingerprint density at radius 1 is 1.38 bits per heavy atom. The smallest absolute Gasteiger partial charge is 0.217 e. The standard InChI is InChI=1S/C9H16N2O2/c1-4-12-9(13-5-2)8-10-6-7-11(8)3/h6-7,9H,4-5H2,1-3H3. The molecule has 13 heavy (non-hydrogen) atoms. The molecule has 0 aliphatic heterocycles. The van der Waals surface area contributed by atoms with Gasteiger partial charge in [0.05, 0.1) is 0 Å². The first-order valence-corrected chi connectivity index (χ1v) is 4.50. The van der Waals surface area contributed by atoms with Crippen molar-refractivity contribution in [1.82, 2.24) is 9.55 Å². The Bertz CT molecular complexity index is 242. The summed E-state index contributed by atoms with van der Waals surface area (Å²) in [5.41, 5.74) is 0. The topological polar surface area (TPSA) is 36.3 Å². The van der Waals surface area contributed by atoms with Gasteiger partial charge in [-0.1, -0.05) is 0 Å². The third-order valence-corrected chi connectivity index (χ3v) is 1.71. The van der Waals surface area contributed by atoms with E-state index in [0.29, 0.717) is 13.2 Å². The van der Waals surface area contributed by atoms with Gasteiger partial charge in [0.25, 0.3) is 0 Å². The number of rotatable bonds is 5. The van der Waals surface area contributed by atoms with Crippen LogP contribution in [0.4, 0.5) is 0 Å². The number of nitrogens with zero attached hydrogens (tertiary/aromatic N) is 2. The number of hydrogen-bond acceptors (Lipinski definition) is 3. The molecule has 74 valence electrons. The molecule has 0 radical (unpaired) electrons. The second-order valence-corrected chi connectivity index (χ2v) is 2.64. The maximum atomic E-state index is 5.40. The number of ether oxygens (including phenoxy) is 2. The molecule has 0 spiro atoms. The maximum absolute atomic E-state index is 5.40. The summed E-state index contributed by atoms with van der Waals surface area (Å²) >= 11 is 0. The summed E-state index contributed by atoms with van der Waals surface area (Å²) < 4.78 is 12.7. The lowest BCUT2D eigenvalue weighted by Crippen LogP contribution is -2.13. The minimum Gasteiger partial charge on any atom is -0.346 e. The first-order chi connectivity index (χ1) is 6.29. The van der Waals surface area contributed by atoms with Crippen LogP contribution < -0.4 is 0 Å². The van der Waals surface area contributed by atoms with E-state index in [1.54, 1.807) is 6.20 Å². The molecule has 0 aliphatic carbocycles. The molecular weight excluding hydrogens is 168 g/mol. The number of hydrogen-bond donors (Lipinski definition) is 0. The third kappa shape index (κ3) is 2.54. The van der Waals surface area contributed by atoms with E-state index in [0.717, 1.165) is 5.82 Å². The molecule has 0 saturated carbocycles. The monoisotopic (exact) mass is 184 g/mol. The summed E-state index contributed by atoms with van der Waals surface area (Å²) in [6, 6.07) is 0. The van der Waals surface area contributed by atoms with Crippen LogP contribution in [0, 0.1) is 0 Å².